The molecule has 1 heterocycles. The van der Waals surface area contributed by atoms with Crippen LogP contribution >= 0.6 is 0 Å². The standard InChI is InChI=1S/C14H20N4O2/c15-7-10-2-1-3-12(6-10)17-13(19)9-18-5-4-11(8-18)14(16)20/h1-3,6,11H,4-5,7-9,15H2,(H2,16,20)(H,17,19). The molecule has 2 amide bonds. The second kappa shape index (κ2) is 6.49. The van der Waals surface area contributed by atoms with E-state index in [0.29, 0.717) is 13.1 Å². The molecule has 0 aromatic heterocycles. The van der Waals surface area contributed by atoms with Gasteiger partial charge in [0.25, 0.3) is 0 Å². The van der Waals surface area contributed by atoms with Gasteiger partial charge < -0.3 is 16.8 Å². The largest absolute Gasteiger partial charge is 0.369 e. The monoisotopic (exact) mass is 276 g/mol. The molecule has 6 heteroatoms. The SMILES string of the molecule is NCc1cccc(NC(=O)CN2CCC(C(N)=O)C2)c1. The number of benzene rings is 1. The van der Waals surface area contributed by atoms with Crippen molar-refractivity contribution in [2.75, 3.05) is 25.0 Å². The van der Waals surface area contributed by atoms with Crippen LogP contribution in [0.3, 0.4) is 0 Å². The van der Waals surface area contributed by atoms with E-state index >= 15 is 0 Å². The maximum Gasteiger partial charge on any atom is 0.238 e. The van der Waals surface area contributed by atoms with E-state index in [2.05, 4.69) is 5.32 Å². The number of carbonyl (C=O) groups is 2. The molecule has 1 aliphatic rings. The van der Waals surface area contributed by atoms with E-state index in [9.17, 15) is 9.59 Å². The van der Waals surface area contributed by atoms with Crippen LogP contribution in [0.2, 0.25) is 0 Å². The van der Waals surface area contributed by atoms with Crippen LogP contribution in [0.4, 0.5) is 5.69 Å². The number of primary amides is 1. The Morgan fingerprint density at radius 1 is 1.40 bits per heavy atom. The van der Waals surface area contributed by atoms with Crippen molar-refractivity contribution < 1.29 is 9.59 Å². The van der Waals surface area contributed by atoms with Crippen molar-refractivity contribution in [2.45, 2.75) is 13.0 Å². The van der Waals surface area contributed by atoms with Crippen molar-refractivity contribution in [1.82, 2.24) is 4.90 Å². The van der Waals surface area contributed by atoms with Gasteiger partial charge in [-0.05, 0) is 30.7 Å². The predicted molar refractivity (Wildman–Crippen MR) is 76.7 cm³/mol. The first-order valence-electron chi connectivity index (χ1n) is 6.69. The lowest BCUT2D eigenvalue weighted by Gasteiger charge is -2.15. The summed E-state index contributed by atoms with van der Waals surface area (Å²) in [6, 6.07) is 7.45. The Kier molecular flexibility index (Phi) is 4.70. The maximum absolute atomic E-state index is 11.9. The van der Waals surface area contributed by atoms with Crippen molar-refractivity contribution in [1.29, 1.82) is 0 Å². The molecule has 0 radical (unpaired) electrons. The fraction of sp³-hybridized carbons (Fsp3) is 0.429. The number of rotatable bonds is 5. The number of hydrogen-bond donors (Lipinski definition) is 3. The summed E-state index contributed by atoms with van der Waals surface area (Å²) in [7, 11) is 0. The van der Waals surface area contributed by atoms with Crippen molar-refractivity contribution in [3.63, 3.8) is 0 Å². The molecule has 1 fully saturated rings. The topological polar surface area (TPSA) is 101 Å². The molecule has 2 rings (SSSR count). The van der Waals surface area contributed by atoms with E-state index < -0.39 is 0 Å². The van der Waals surface area contributed by atoms with Crippen molar-refractivity contribution >= 4 is 17.5 Å². The Morgan fingerprint density at radius 2 is 2.20 bits per heavy atom. The van der Waals surface area contributed by atoms with E-state index in [0.717, 1.165) is 24.2 Å². The molecule has 1 aromatic rings. The van der Waals surface area contributed by atoms with Crippen molar-refractivity contribution in [3.05, 3.63) is 29.8 Å². The first-order chi connectivity index (χ1) is 9.58. The maximum atomic E-state index is 11.9. The predicted octanol–water partition coefficient (Wildman–Crippen LogP) is -0.109. The molecule has 0 spiro atoms. The third kappa shape index (κ3) is 3.79. The van der Waals surface area contributed by atoms with Crippen molar-refractivity contribution in [2.24, 2.45) is 17.4 Å². The number of nitrogens with zero attached hydrogens (tertiary/aromatic N) is 1. The van der Waals surface area contributed by atoms with Gasteiger partial charge in [0.1, 0.15) is 0 Å². The number of nitrogens with two attached hydrogens (primary N) is 2. The molecule has 0 bridgehead atoms. The molecule has 1 saturated heterocycles. The van der Waals surface area contributed by atoms with E-state index in [1.807, 2.05) is 29.2 Å². The Hall–Kier alpha value is -1.92. The average Bonchev–Trinajstić information content (AvgIpc) is 2.87. The van der Waals surface area contributed by atoms with Crippen LogP contribution in [0.1, 0.15) is 12.0 Å². The summed E-state index contributed by atoms with van der Waals surface area (Å²) in [5.41, 5.74) is 12.5. The number of nitrogens with one attached hydrogen (secondary N) is 1. The van der Waals surface area contributed by atoms with Crippen LogP contribution in [0.25, 0.3) is 0 Å². The molecular weight excluding hydrogens is 256 g/mol. The highest BCUT2D eigenvalue weighted by Crippen LogP contribution is 2.16. The van der Waals surface area contributed by atoms with E-state index in [4.69, 9.17) is 11.5 Å². The zero-order valence-corrected chi connectivity index (χ0v) is 11.3. The lowest BCUT2D eigenvalue weighted by atomic mass is 10.1. The number of hydrogen-bond acceptors (Lipinski definition) is 4. The first kappa shape index (κ1) is 14.5. The second-order valence-corrected chi connectivity index (χ2v) is 5.08. The number of carbonyl (C=O) groups excluding carboxylic acids is 2. The Morgan fingerprint density at radius 3 is 2.85 bits per heavy atom. The molecule has 1 atom stereocenters. The van der Waals surface area contributed by atoms with Gasteiger partial charge in [-0.2, -0.15) is 0 Å². The summed E-state index contributed by atoms with van der Waals surface area (Å²) in [5, 5.41) is 2.84. The van der Waals surface area contributed by atoms with Gasteiger partial charge in [0, 0.05) is 18.8 Å². The summed E-state index contributed by atoms with van der Waals surface area (Å²) in [4.78, 5) is 25.0. The Bertz CT molecular complexity index is 504. The highest BCUT2D eigenvalue weighted by atomic mass is 16.2. The molecule has 1 aliphatic heterocycles. The Balaban J connectivity index is 1.85. The summed E-state index contributed by atoms with van der Waals surface area (Å²) < 4.78 is 0. The fourth-order valence-electron chi connectivity index (χ4n) is 2.39. The molecule has 0 saturated carbocycles. The number of amides is 2. The fourth-order valence-corrected chi connectivity index (χ4v) is 2.39. The zero-order valence-electron chi connectivity index (χ0n) is 11.3. The lowest BCUT2D eigenvalue weighted by molar-refractivity contribution is -0.122. The minimum atomic E-state index is -0.288. The minimum absolute atomic E-state index is 0.0932. The average molecular weight is 276 g/mol. The molecule has 1 unspecified atom stereocenters. The van der Waals surface area contributed by atoms with Gasteiger partial charge in [-0.1, -0.05) is 12.1 Å². The summed E-state index contributed by atoms with van der Waals surface area (Å²) in [6.07, 6.45) is 0.727. The van der Waals surface area contributed by atoms with Gasteiger partial charge in [0.15, 0.2) is 0 Å². The van der Waals surface area contributed by atoms with E-state index in [-0.39, 0.29) is 24.3 Å². The van der Waals surface area contributed by atoms with Crippen LogP contribution in [0.5, 0.6) is 0 Å². The molecule has 0 aliphatic carbocycles. The smallest absolute Gasteiger partial charge is 0.238 e. The highest BCUT2D eigenvalue weighted by molar-refractivity contribution is 5.92. The summed E-state index contributed by atoms with van der Waals surface area (Å²) in [5.74, 6) is -0.517. The first-order valence-corrected chi connectivity index (χ1v) is 6.69. The van der Waals surface area contributed by atoms with E-state index in [1.165, 1.54) is 0 Å². The molecule has 20 heavy (non-hydrogen) atoms. The minimum Gasteiger partial charge on any atom is -0.369 e. The van der Waals surface area contributed by atoms with Gasteiger partial charge in [-0.15, -0.1) is 0 Å². The molecule has 5 N–H and O–H groups in total. The highest BCUT2D eigenvalue weighted by Gasteiger charge is 2.27. The van der Waals surface area contributed by atoms with Gasteiger partial charge in [-0.3, -0.25) is 14.5 Å². The van der Waals surface area contributed by atoms with Gasteiger partial charge >= 0.3 is 0 Å². The molecular formula is C14H20N4O2. The Labute approximate surface area is 118 Å². The number of anilines is 1. The summed E-state index contributed by atoms with van der Waals surface area (Å²) >= 11 is 0. The third-order valence-electron chi connectivity index (χ3n) is 3.49. The second-order valence-electron chi connectivity index (χ2n) is 5.08. The zero-order chi connectivity index (χ0) is 14.5. The number of likely N-dealkylation sites (tertiary alicyclic amines) is 1. The third-order valence-corrected chi connectivity index (χ3v) is 3.49. The van der Waals surface area contributed by atoms with Crippen LogP contribution < -0.4 is 16.8 Å². The quantitative estimate of drug-likeness (QED) is 0.698. The molecule has 6 nitrogen and oxygen atoms in total. The van der Waals surface area contributed by atoms with Gasteiger partial charge in [0.05, 0.1) is 12.5 Å². The normalized spacial score (nSPS) is 18.9. The molecule has 108 valence electrons. The van der Waals surface area contributed by atoms with Gasteiger partial charge in [-0.25, -0.2) is 0 Å². The van der Waals surface area contributed by atoms with Crippen molar-refractivity contribution in [3.8, 4) is 0 Å². The van der Waals surface area contributed by atoms with Crippen LogP contribution in [-0.2, 0) is 16.1 Å². The van der Waals surface area contributed by atoms with Crippen LogP contribution in [-0.4, -0.2) is 36.3 Å². The van der Waals surface area contributed by atoms with Gasteiger partial charge in [0.2, 0.25) is 11.8 Å². The van der Waals surface area contributed by atoms with Crippen LogP contribution in [0, 0.1) is 5.92 Å². The lowest BCUT2D eigenvalue weighted by Crippen LogP contribution is -2.33. The van der Waals surface area contributed by atoms with Crippen LogP contribution in [0.15, 0.2) is 24.3 Å². The summed E-state index contributed by atoms with van der Waals surface area (Å²) in [6.45, 7) is 2.00. The van der Waals surface area contributed by atoms with E-state index in [1.54, 1.807) is 0 Å². The molecule has 1 aromatic carbocycles.